The quantitative estimate of drug-likeness (QED) is 0.0600. The van der Waals surface area contributed by atoms with Crippen LogP contribution in [-0.4, -0.2) is 175 Å². The van der Waals surface area contributed by atoms with Crippen LogP contribution >= 0.6 is 0 Å². The van der Waals surface area contributed by atoms with Crippen LogP contribution < -0.4 is 29.0 Å². The molecule has 0 fully saturated rings. The highest BCUT2D eigenvalue weighted by atomic mass is 16.6. The minimum Gasteiger partial charge on any atom is -0.493 e. The molecular formula is C44H62N2O17. The van der Waals surface area contributed by atoms with Crippen LogP contribution in [0.15, 0.2) is 41.6 Å². The summed E-state index contributed by atoms with van der Waals surface area (Å²) >= 11 is 0. The third-order valence-corrected chi connectivity index (χ3v) is 9.88. The first-order valence-electron chi connectivity index (χ1n) is 21.1. The van der Waals surface area contributed by atoms with Crippen molar-refractivity contribution in [1.82, 2.24) is 5.32 Å². The molecule has 3 aliphatic heterocycles. The lowest BCUT2D eigenvalue weighted by atomic mass is 9.80. The number of carboxylic acids is 1. The first kappa shape index (κ1) is 49.3. The summed E-state index contributed by atoms with van der Waals surface area (Å²) < 4.78 is 73.6. The number of hydrogen-bond donors (Lipinski definition) is 2. The molecule has 0 spiro atoms. The highest BCUT2D eigenvalue weighted by Gasteiger charge is 2.45. The molecule has 19 heteroatoms. The highest BCUT2D eigenvalue weighted by molar-refractivity contribution is 6.09. The number of aliphatic carboxylic acids is 1. The summed E-state index contributed by atoms with van der Waals surface area (Å²) in [5, 5.41) is 15.9. The molecular weight excluding hydrogens is 828 g/mol. The van der Waals surface area contributed by atoms with Gasteiger partial charge >= 0.3 is 5.97 Å². The van der Waals surface area contributed by atoms with Crippen molar-refractivity contribution in [3.8, 4) is 28.7 Å². The molecule has 0 bridgehead atoms. The number of ether oxygens (including phenoxy) is 13. The van der Waals surface area contributed by atoms with Crippen molar-refractivity contribution in [3.63, 3.8) is 0 Å². The van der Waals surface area contributed by atoms with Crippen LogP contribution in [0.5, 0.6) is 28.7 Å². The van der Waals surface area contributed by atoms with Gasteiger partial charge in [0.1, 0.15) is 41.8 Å². The number of benzene rings is 2. The van der Waals surface area contributed by atoms with Gasteiger partial charge in [0.2, 0.25) is 0 Å². The summed E-state index contributed by atoms with van der Waals surface area (Å²) in [7, 11) is 3.14. The highest BCUT2D eigenvalue weighted by Crippen LogP contribution is 2.50. The summed E-state index contributed by atoms with van der Waals surface area (Å²) in [4.78, 5) is 28.8. The number of rotatable bonds is 33. The van der Waals surface area contributed by atoms with E-state index in [9.17, 15) is 9.59 Å². The molecule has 3 heterocycles. The number of methoxy groups -OCH3 is 2. The van der Waals surface area contributed by atoms with E-state index in [1.165, 1.54) is 0 Å². The van der Waals surface area contributed by atoms with Crippen molar-refractivity contribution in [2.24, 2.45) is 5.16 Å². The SMILES string of the molecule is C=C(C)[C@H]1Cc2c(ccc3c2O[C@@H]2COc4cc(OC)c(OC)cc4[C@@H]2C3=NOCC(=O)NCCOCCOCCOCCOCCOCCOCCOCCOCCC(=O)O)O1. The lowest BCUT2D eigenvalue weighted by molar-refractivity contribution is -0.138. The zero-order valence-electron chi connectivity index (χ0n) is 36.5. The summed E-state index contributed by atoms with van der Waals surface area (Å²) in [5.74, 6) is 1.47. The maximum atomic E-state index is 12.7. The van der Waals surface area contributed by atoms with Crippen molar-refractivity contribution < 1.29 is 81.1 Å². The molecule has 2 aromatic carbocycles. The molecule has 5 rings (SSSR count). The van der Waals surface area contributed by atoms with E-state index in [1.54, 1.807) is 20.3 Å². The van der Waals surface area contributed by atoms with Gasteiger partial charge in [0.15, 0.2) is 18.1 Å². The lowest BCUT2D eigenvalue weighted by Crippen LogP contribution is -2.43. The molecule has 63 heavy (non-hydrogen) atoms. The van der Waals surface area contributed by atoms with Crippen LogP contribution in [-0.2, 0) is 58.7 Å². The molecule has 2 aromatic rings. The Balaban J connectivity index is 0.898. The van der Waals surface area contributed by atoms with Gasteiger partial charge in [0, 0.05) is 35.7 Å². The molecule has 3 atom stereocenters. The lowest BCUT2D eigenvalue weighted by Gasteiger charge is -2.39. The van der Waals surface area contributed by atoms with Gasteiger partial charge in [-0.1, -0.05) is 11.7 Å². The Morgan fingerprint density at radius 2 is 1.29 bits per heavy atom. The Labute approximate surface area is 368 Å². The molecule has 0 aromatic heterocycles. The number of carbonyl (C=O) groups is 2. The Morgan fingerprint density at radius 1 is 0.746 bits per heavy atom. The number of nitrogens with one attached hydrogen (secondary N) is 1. The molecule has 0 saturated heterocycles. The molecule has 19 nitrogen and oxygen atoms in total. The van der Waals surface area contributed by atoms with Gasteiger partial charge in [0.25, 0.3) is 5.91 Å². The standard InChI is InChI=1S/C44H62N2O17/c1-30(2)35-26-33-34(62-35)6-5-31-43(42-32-25-37(50-3)38(51-4)27-36(32)60-28-39(42)63-44(31)33)46-61-29-40(47)45-8-10-53-12-14-55-16-18-57-20-22-59-24-23-58-21-19-56-17-15-54-13-11-52-9-7-41(48)49/h5-6,25,27,35,39,42H,1,7-24,26,28-29H2,2-4H3,(H,45,47)(H,48,49)/t35-,39-,42+/m1/s1. The van der Waals surface area contributed by atoms with E-state index in [2.05, 4.69) is 17.1 Å². The molecule has 2 N–H and O–H groups in total. The van der Waals surface area contributed by atoms with Crippen LogP contribution in [0.3, 0.4) is 0 Å². The van der Waals surface area contributed by atoms with E-state index in [-0.39, 0.29) is 50.7 Å². The minimum absolute atomic E-state index is 0.0162. The van der Waals surface area contributed by atoms with Gasteiger partial charge in [-0.15, -0.1) is 0 Å². The fraction of sp³-hybridized carbons (Fsp3) is 0.614. The number of nitrogens with zero attached hydrogens (tertiary/aromatic N) is 1. The average molecular weight is 891 g/mol. The van der Waals surface area contributed by atoms with Gasteiger partial charge < -0.3 is 76.8 Å². The zero-order valence-corrected chi connectivity index (χ0v) is 36.5. The number of carbonyl (C=O) groups excluding carboxylic acids is 1. The number of hydrogen-bond acceptors (Lipinski definition) is 17. The zero-order chi connectivity index (χ0) is 44.7. The second-order valence-corrected chi connectivity index (χ2v) is 14.4. The van der Waals surface area contributed by atoms with Gasteiger partial charge in [0.05, 0.1) is 132 Å². The molecule has 0 radical (unpaired) electrons. The number of fused-ring (bicyclic) bond motifs is 6. The summed E-state index contributed by atoms with van der Waals surface area (Å²) in [6, 6.07) is 7.47. The van der Waals surface area contributed by atoms with E-state index >= 15 is 0 Å². The molecule has 3 aliphatic rings. The maximum Gasteiger partial charge on any atom is 0.305 e. The smallest absolute Gasteiger partial charge is 0.305 e. The number of amides is 1. The van der Waals surface area contributed by atoms with Crippen molar-refractivity contribution in [2.45, 2.75) is 37.9 Å². The van der Waals surface area contributed by atoms with Crippen LogP contribution in [0, 0.1) is 0 Å². The fourth-order valence-electron chi connectivity index (χ4n) is 6.74. The van der Waals surface area contributed by atoms with E-state index in [1.807, 2.05) is 25.1 Å². The summed E-state index contributed by atoms with van der Waals surface area (Å²) in [5.41, 5.74) is 4.00. The number of carboxylic acid groups (broad SMARTS) is 1. The monoisotopic (exact) mass is 890 g/mol. The van der Waals surface area contributed by atoms with E-state index in [4.69, 9.17) is 71.5 Å². The first-order chi connectivity index (χ1) is 30.8. The second-order valence-electron chi connectivity index (χ2n) is 14.4. The summed E-state index contributed by atoms with van der Waals surface area (Å²) in [6.45, 7) is 12.6. The van der Waals surface area contributed by atoms with Crippen molar-refractivity contribution in [3.05, 3.63) is 53.1 Å². The topological polar surface area (TPSA) is 208 Å². The van der Waals surface area contributed by atoms with Crippen LogP contribution in [0.1, 0.15) is 36.0 Å². The van der Waals surface area contributed by atoms with Gasteiger partial charge in [-0.2, -0.15) is 0 Å². The molecule has 0 aliphatic carbocycles. The van der Waals surface area contributed by atoms with E-state index < -0.39 is 12.1 Å². The third-order valence-electron chi connectivity index (χ3n) is 9.88. The van der Waals surface area contributed by atoms with E-state index in [0.29, 0.717) is 134 Å². The average Bonchev–Trinajstić information content (AvgIpc) is 3.73. The predicted molar refractivity (Wildman–Crippen MR) is 226 cm³/mol. The van der Waals surface area contributed by atoms with Gasteiger partial charge in [-0.05, 0) is 30.7 Å². The van der Waals surface area contributed by atoms with Crippen LogP contribution in [0.4, 0.5) is 0 Å². The van der Waals surface area contributed by atoms with Crippen molar-refractivity contribution in [2.75, 3.05) is 140 Å². The molecule has 350 valence electrons. The minimum atomic E-state index is -0.885. The predicted octanol–water partition coefficient (Wildman–Crippen LogP) is 2.97. The Bertz CT molecular complexity index is 1770. The normalized spacial score (nSPS) is 17.6. The third kappa shape index (κ3) is 15.8. The first-order valence-corrected chi connectivity index (χ1v) is 21.1. The summed E-state index contributed by atoms with van der Waals surface area (Å²) in [6.07, 6.45) is 0.00498. The van der Waals surface area contributed by atoms with Crippen molar-refractivity contribution >= 4 is 17.6 Å². The van der Waals surface area contributed by atoms with Crippen LogP contribution in [0.2, 0.25) is 0 Å². The Kier molecular flexibility index (Phi) is 21.5. The van der Waals surface area contributed by atoms with Crippen molar-refractivity contribution in [1.29, 1.82) is 0 Å². The Morgan fingerprint density at radius 3 is 1.83 bits per heavy atom. The fourth-order valence-corrected chi connectivity index (χ4v) is 6.74. The van der Waals surface area contributed by atoms with Crippen LogP contribution in [0.25, 0.3) is 0 Å². The second kappa shape index (κ2) is 27.5. The van der Waals surface area contributed by atoms with Gasteiger partial charge in [-0.3, -0.25) is 9.59 Å². The molecule has 1 amide bonds. The van der Waals surface area contributed by atoms with Gasteiger partial charge in [-0.25, -0.2) is 0 Å². The molecule has 0 unspecified atom stereocenters. The number of oxime groups is 1. The maximum absolute atomic E-state index is 12.7. The van der Waals surface area contributed by atoms with E-state index in [0.717, 1.165) is 28.0 Å². The largest absolute Gasteiger partial charge is 0.493 e. The molecule has 0 saturated carbocycles. The Hall–Kier alpha value is -4.73.